The Morgan fingerprint density at radius 1 is 0.274 bits per heavy atom. The van der Waals surface area contributed by atoms with Crippen molar-refractivity contribution in [2.45, 2.75) is 258 Å². The third-order valence-corrected chi connectivity index (χ3v) is 12.1. The monoisotopic (exact) mass is 1010 g/mol. The molecule has 0 saturated heterocycles. The average molecular weight is 1010 g/mol. The first-order valence-corrected chi connectivity index (χ1v) is 29.7. The highest BCUT2D eigenvalue weighted by atomic mass is 16.6. The van der Waals surface area contributed by atoms with Crippen LogP contribution in [0.2, 0.25) is 0 Å². The van der Waals surface area contributed by atoms with E-state index in [2.05, 4.69) is 130 Å². The van der Waals surface area contributed by atoms with Gasteiger partial charge in [-0.15, -0.1) is 0 Å². The van der Waals surface area contributed by atoms with E-state index in [-0.39, 0.29) is 50.4 Å². The summed E-state index contributed by atoms with van der Waals surface area (Å²) in [6, 6.07) is 0. The molecule has 0 aliphatic heterocycles. The molecule has 0 fully saturated rings. The first-order chi connectivity index (χ1) is 36.0. The van der Waals surface area contributed by atoms with Crippen LogP contribution in [-0.4, -0.2) is 37.2 Å². The highest BCUT2D eigenvalue weighted by Crippen LogP contribution is 2.13. The SMILES string of the molecule is CCCCC/C=C\C/C=C\C/C=C\C/C=C\C/C=C\CCC(=O)OCC(COC(=O)CC/C=C\C/C=C\C/C=C\C/C=C\C/C=C\CCCCC)OC(=O)CCCCCCCCC/C=C\CCCCCCCC. The summed E-state index contributed by atoms with van der Waals surface area (Å²) in [4.78, 5) is 38.1. The van der Waals surface area contributed by atoms with Gasteiger partial charge in [-0.25, -0.2) is 0 Å². The van der Waals surface area contributed by atoms with E-state index >= 15 is 0 Å². The van der Waals surface area contributed by atoms with Gasteiger partial charge in [-0.1, -0.05) is 244 Å². The molecule has 0 aliphatic rings. The summed E-state index contributed by atoms with van der Waals surface area (Å²) < 4.78 is 16.7. The largest absolute Gasteiger partial charge is 0.462 e. The smallest absolute Gasteiger partial charge is 0.306 e. The summed E-state index contributed by atoms with van der Waals surface area (Å²) in [6.45, 7) is 6.44. The van der Waals surface area contributed by atoms with Crippen LogP contribution in [-0.2, 0) is 28.6 Å². The summed E-state index contributed by atoms with van der Waals surface area (Å²) >= 11 is 0. The highest BCUT2D eigenvalue weighted by Gasteiger charge is 2.19. The van der Waals surface area contributed by atoms with Gasteiger partial charge in [0, 0.05) is 19.3 Å². The summed E-state index contributed by atoms with van der Waals surface area (Å²) in [5, 5.41) is 0. The molecule has 0 rings (SSSR count). The van der Waals surface area contributed by atoms with Crippen LogP contribution in [0.25, 0.3) is 0 Å². The van der Waals surface area contributed by atoms with Crippen molar-refractivity contribution >= 4 is 17.9 Å². The second-order valence-corrected chi connectivity index (χ2v) is 19.2. The number of hydrogen-bond donors (Lipinski definition) is 0. The van der Waals surface area contributed by atoms with Gasteiger partial charge < -0.3 is 14.2 Å². The van der Waals surface area contributed by atoms with Crippen molar-refractivity contribution < 1.29 is 28.6 Å². The Kier molecular flexibility index (Phi) is 56.4. The van der Waals surface area contributed by atoms with E-state index in [4.69, 9.17) is 14.2 Å². The van der Waals surface area contributed by atoms with Crippen LogP contribution in [0.4, 0.5) is 0 Å². The van der Waals surface area contributed by atoms with Gasteiger partial charge in [0.25, 0.3) is 0 Å². The lowest BCUT2D eigenvalue weighted by Crippen LogP contribution is -2.30. The quantitative estimate of drug-likeness (QED) is 0.0261. The lowest BCUT2D eigenvalue weighted by Gasteiger charge is -2.18. The molecule has 0 N–H and O–H groups in total. The number of ether oxygens (including phenoxy) is 3. The van der Waals surface area contributed by atoms with Gasteiger partial charge in [-0.2, -0.15) is 0 Å². The van der Waals surface area contributed by atoms with E-state index in [1.54, 1.807) is 0 Å². The molecule has 0 saturated carbocycles. The molecule has 0 unspecified atom stereocenters. The van der Waals surface area contributed by atoms with E-state index < -0.39 is 6.10 Å². The van der Waals surface area contributed by atoms with Crippen molar-refractivity contribution in [3.8, 4) is 0 Å². The second kappa shape index (κ2) is 60.1. The molecule has 73 heavy (non-hydrogen) atoms. The maximum absolute atomic E-state index is 12.9. The summed E-state index contributed by atoms with van der Waals surface area (Å²) in [7, 11) is 0. The highest BCUT2D eigenvalue weighted by molar-refractivity contribution is 5.71. The van der Waals surface area contributed by atoms with Crippen LogP contribution in [0.5, 0.6) is 0 Å². The average Bonchev–Trinajstić information content (AvgIpc) is 3.39. The molecule has 0 bridgehead atoms. The van der Waals surface area contributed by atoms with E-state index in [1.807, 2.05) is 24.3 Å². The van der Waals surface area contributed by atoms with Gasteiger partial charge in [-0.3, -0.25) is 14.4 Å². The van der Waals surface area contributed by atoms with Crippen molar-refractivity contribution in [3.05, 3.63) is 134 Å². The van der Waals surface area contributed by atoms with Crippen molar-refractivity contribution in [3.63, 3.8) is 0 Å². The lowest BCUT2D eigenvalue weighted by atomic mass is 10.1. The molecule has 0 atom stereocenters. The predicted octanol–water partition coefficient (Wildman–Crippen LogP) is 20.2. The van der Waals surface area contributed by atoms with Crippen LogP contribution < -0.4 is 0 Å². The van der Waals surface area contributed by atoms with Gasteiger partial charge >= 0.3 is 17.9 Å². The Balaban J connectivity index is 4.63. The minimum atomic E-state index is -0.846. The maximum Gasteiger partial charge on any atom is 0.306 e. The topological polar surface area (TPSA) is 78.9 Å². The van der Waals surface area contributed by atoms with Gasteiger partial charge in [-0.05, 0) is 122 Å². The number of allylic oxidation sites excluding steroid dienone is 22. The molecule has 0 amide bonds. The Labute approximate surface area is 449 Å². The maximum atomic E-state index is 12.9. The normalized spacial score (nSPS) is 12.7. The third kappa shape index (κ3) is 58.3. The second-order valence-electron chi connectivity index (χ2n) is 19.2. The van der Waals surface area contributed by atoms with Crippen molar-refractivity contribution in [1.82, 2.24) is 0 Å². The van der Waals surface area contributed by atoms with Gasteiger partial charge in [0.2, 0.25) is 0 Å². The Morgan fingerprint density at radius 2 is 0.521 bits per heavy atom. The van der Waals surface area contributed by atoms with E-state index in [9.17, 15) is 14.4 Å². The molecule has 0 aliphatic carbocycles. The molecule has 0 aromatic rings. The summed E-state index contributed by atoms with van der Waals surface area (Å²) in [6.07, 6.45) is 84.6. The molecule has 0 radical (unpaired) electrons. The number of esters is 3. The van der Waals surface area contributed by atoms with Crippen LogP contribution in [0.1, 0.15) is 252 Å². The zero-order chi connectivity index (χ0) is 52.9. The zero-order valence-corrected chi connectivity index (χ0v) is 47.1. The van der Waals surface area contributed by atoms with E-state index in [0.717, 1.165) is 70.6 Å². The van der Waals surface area contributed by atoms with Crippen LogP contribution >= 0.6 is 0 Å². The molecule has 0 aromatic carbocycles. The molecule has 0 aromatic heterocycles. The molecular weight excluding hydrogens is 901 g/mol. The number of carbonyl (C=O) groups excluding carboxylic acids is 3. The first kappa shape index (κ1) is 68.6. The van der Waals surface area contributed by atoms with E-state index in [1.165, 1.54) is 128 Å². The van der Waals surface area contributed by atoms with Crippen LogP contribution in [0, 0.1) is 0 Å². The molecule has 0 spiro atoms. The lowest BCUT2D eigenvalue weighted by molar-refractivity contribution is -0.166. The fourth-order valence-electron chi connectivity index (χ4n) is 7.64. The number of rotatable bonds is 52. The fraction of sp³-hybridized carbons (Fsp3) is 0.627. The van der Waals surface area contributed by atoms with Crippen LogP contribution in [0.3, 0.4) is 0 Å². The van der Waals surface area contributed by atoms with E-state index in [0.29, 0.717) is 12.8 Å². The zero-order valence-electron chi connectivity index (χ0n) is 47.1. The van der Waals surface area contributed by atoms with Crippen molar-refractivity contribution in [1.29, 1.82) is 0 Å². The van der Waals surface area contributed by atoms with Gasteiger partial charge in [0.1, 0.15) is 13.2 Å². The number of hydrogen-bond acceptors (Lipinski definition) is 6. The third-order valence-electron chi connectivity index (χ3n) is 12.1. The van der Waals surface area contributed by atoms with Crippen LogP contribution in [0.15, 0.2) is 134 Å². The standard InChI is InChI=1S/C67H108O6/c1-4-7-10-13-16-19-22-25-28-31-33-36-38-41-44-47-50-53-56-59-65(68)71-62-64(73-67(70)61-58-55-52-49-46-43-40-35-30-27-24-21-18-15-12-9-6-3)63-72-66(69)60-57-54-51-48-45-42-39-37-34-32-29-26-23-20-17-14-11-8-5-2/h16-17,19-20,25-30,33-34,36-37,41-42,44-45,50-51,53-54,64H,4-15,18,21-24,31-32,35,38-40,43,46-49,52,55-63H2,1-3H3/b19-16-,20-17-,28-25-,29-26-,30-27-,36-33-,37-34-,44-41-,45-42-,53-50-,54-51-. The summed E-state index contributed by atoms with van der Waals surface area (Å²) in [5.74, 6) is -1.11. The van der Waals surface area contributed by atoms with Crippen molar-refractivity contribution in [2.75, 3.05) is 13.2 Å². The Hall–Kier alpha value is -4.45. The minimum absolute atomic E-state index is 0.146. The summed E-state index contributed by atoms with van der Waals surface area (Å²) in [5.41, 5.74) is 0. The van der Waals surface area contributed by atoms with Crippen molar-refractivity contribution in [2.24, 2.45) is 0 Å². The Morgan fingerprint density at radius 3 is 0.863 bits per heavy atom. The minimum Gasteiger partial charge on any atom is -0.462 e. The molecule has 412 valence electrons. The molecule has 0 heterocycles. The Bertz CT molecular complexity index is 1490. The molecule has 6 heteroatoms. The predicted molar refractivity (Wildman–Crippen MR) is 316 cm³/mol. The van der Waals surface area contributed by atoms with Gasteiger partial charge in [0.15, 0.2) is 6.10 Å². The number of carbonyl (C=O) groups is 3. The first-order valence-electron chi connectivity index (χ1n) is 29.7. The molecule has 6 nitrogen and oxygen atoms in total. The van der Waals surface area contributed by atoms with Gasteiger partial charge in [0.05, 0.1) is 0 Å². The fourth-order valence-corrected chi connectivity index (χ4v) is 7.64. The number of unbranched alkanes of at least 4 members (excludes halogenated alkanes) is 19. The molecular formula is C67H108O6.